The highest BCUT2D eigenvalue weighted by atomic mass is 16.5. The van der Waals surface area contributed by atoms with E-state index in [1.54, 1.807) is 0 Å². The number of esters is 1. The Balaban J connectivity index is 2.06. The van der Waals surface area contributed by atoms with Crippen LogP contribution in [0.3, 0.4) is 0 Å². The van der Waals surface area contributed by atoms with Gasteiger partial charge in [0.2, 0.25) is 0 Å². The molecule has 1 aliphatic carbocycles. The third-order valence-electron chi connectivity index (χ3n) is 5.94. The molecule has 3 nitrogen and oxygen atoms in total. The molecule has 1 aromatic carbocycles. The summed E-state index contributed by atoms with van der Waals surface area (Å²) in [6.07, 6.45) is 2.13. The summed E-state index contributed by atoms with van der Waals surface area (Å²) in [7, 11) is 0. The number of benzene rings is 1. The number of hydrogen-bond donors (Lipinski definition) is 1. The maximum Gasteiger partial charge on any atom is 0.338 e. The van der Waals surface area contributed by atoms with Crippen LogP contribution in [0.5, 0.6) is 0 Å². The molecule has 1 saturated heterocycles. The number of ether oxygens (including phenoxy) is 1. The smallest absolute Gasteiger partial charge is 0.338 e. The molecule has 2 atom stereocenters. The minimum atomic E-state index is -0.214. The van der Waals surface area contributed by atoms with Crippen molar-refractivity contribution in [3.8, 4) is 0 Å². The van der Waals surface area contributed by atoms with E-state index in [1.165, 1.54) is 11.1 Å². The number of hydrogen-bond acceptors (Lipinski definition) is 3. The van der Waals surface area contributed by atoms with Crippen molar-refractivity contribution in [2.24, 2.45) is 5.41 Å². The number of nitrogens with one attached hydrogen (secondary N) is 1. The summed E-state index contributed by atoms with van der Waals surface area (Å²) in [5.41, 5.74) is 3.79. The lowest BCUT2D eigenvalue weighted by Gasteiger charge is -2.57. The standard InChI is InChI=1S/C18H25NO2/c1-5-21-16(20)12-6-7-14-13(10-12)11-15-17(2,3)18(14,4)8-9-19-15/h6-7,10,15,19H,5,8-9,11H2,1-4H3. The van der Waals surface area contributed by atoms with Crippen LogP contribution < -0.4 is 5.32 Å². The minimum Gasteiger partial charge on any atom is -0.462 e. The van der Waals surface area contributed by atoms with Gasteiger partial charge in [-0.05, 0) is 55.0 Å². The Morgan fingerprint density at radius 2 is 2.14 bits per heavy atom. The summed E-state index contributed by atoms with van der Waals surface area (Å²) in [4.78, 5) is 11.9. The van der Waals surface area contributed by atoms with E-state index in [0.29, 0.717) is 18.2 Å². The van der Waals surface area contributed by atoms with Crippen molar-refractivity contribution >= 4 is 5.97 Å². The zero-order valence-electron chi connectivity index (χ0n) is 13.5. The molecule has 2 aliphatic rings. The van der Waals surface area contributed by atoms with E-state index in [1.807, 2.05) is 19.1 Å². The SMILES string of the molecule is CCOC(=O)c1ccc2c(c1)CC1NCCC2(C)C1(C)C. The van der Waals surface area contributed by atoms with Crippen LogP contribution in [0.2, 0.25) is 0 Å². The van der Waals surface area contributed by atoms with Gasteiger partial charge in [-0.25, -0.2) is 4.79 Å². The number of carbonyl (C=O) groups is 1. The van der Waals surface area contributed by atoms with Gasteiger partial charge < -0.3 is 10.1 Å². The van der Waals surface area contributed by atoms with E-state index in [9.17, 15) is 4.79 Å². The van der Waals surface area contributed by atoms with Gasteiger partial charge in [-0.3, -0.25) is 0 Å². The maximum atomic E-state index is 11.9. The zero-order valence-corrected chi connectivity index (χ0v) is 13.5. The lowest BCUT2D eigenvalue weighted by Crippen LogP contribution is -2.62. The molecule has 21 heavy (non-hydrogen) atoms. The summed E-state index contributed by atoms with van der Waals surface area (Å²) < 4.78 is 5.12. The van der Waals surface area contributed by atoms with Crippen LogP contribution in [0.1, 0.15) is 55.6 Å². The minimum absolute atomic E-state index is 0.170. The van der Waals surface area contributed by atoms with Gasteiger partial charge in [0.05, 0.1) is 12.2 Å². The quantitative estimate of drug-likeness (QED) is 0.850. The Bertz CT molecular complexity index is 579. The lowest BCUT2D eigenvalue weighted by molar-refractivity contribution is 0.0516. The van der Waals surface area contributed by atoms with Crippen LogP contribution in [-0.2, 0) is 16.6 Å². The van der Waals surface area contributed by atoms with Crippen molar-refractivity contribution in [1.29, 1.82) is 0 Å². The summed E-state index contributed by atoms with van der Waals surface area (Å²) in [5.74, 6) is -0.214. The largest absolute Gasteiger partial charge is 0.462 e. The highest BCUT2D eigenvalue weighted by Gasteiger charge is 2.53. The second-order valence-electron chi connectivity index (χ2n) is 7.11. The van der Waals surface area contributed by atoms with Crippen LogP contribution in [0.25, 0.3) is 0 Å². The molecular formula is C18H25NO2. The molecule has 3 heteroatoms. The predicted octanol–water partition coefficient (Wildman–Crippen LogP) is 3.07. The number of piperidine rings is 1. The molecular weight excluding hydrogens is 262 g/mol. The Morgan fingerprint density at radius 1 is 1.38 bits per heavy atom. The molecule has 0 spiro atoms. The average Bonchev–Trinajstić information content (AvgIpc) is 2.42. The van der Waals surface area contributed by atoms with E-state index in [0.717, 1.165) is 19.4 Å². The van der Waals surface area contributed by atoms with E-state index in [2.05, 4.69) is 32.2 Å². The van der Waals surface area contributed by atoms with Crippen molar-refractivity contribution in [2.45, 2.75) is 52.0 Å². The molecule has 1 N–H and O–H groups in total. The van der Waals surface area contributed by atoms with Crippen molar-refractivity contribution in [2.75, 3.05) is 13.2 Å². The second-order valence-corrected chi connectivity index (χ2v) is 7.11. The van der Waals surface area contributed by atoms with Gasteiger partial charge in [0.1, 0.15) is 0 Å². The van der Waals surface area contributed by atoms with Gasteiger partial charge in [0.15, 0.2) is 0 Å². The van der Waals surface area contributed by atoms with Crippen molar-refractivity contribution in [1.82, 2.24) is 5.32 Å². The predicted molar refractivity (Wildman–Crippen MR) is 83.6 cm³/mol. The molecule has 0 radical (unpaired) electrons. The highest BCUT2D eigenvalue weighted by Crippen LogP contribution is 2.53. The van der Waals surface area contributed by atoms with Gasteiger partial charge in [-0.15, -0.1) is 0 Å². The van der Waals surface area contributed by atoms with Crippen molar-refractivity contribution < 1.29 is 9.53 Å². The zero-order chi connectivity index (χ0) is 15.3. The summed E-state index contributed by atoms with van der Waals surface area (Å²) in [6, 6.07) is 6.60. The molecule has 3 rings (SSSR count). The molecule has 114 valence electrons. The molecule has 0 aromatic heterocycles. The van der Waals surface area contributed by atoms with Gasteiger partial charge in [0.25, 0.3) is 0 Å². The van der Waals surface area contributed by atoms with E-state index >= 15 is 0 Å². The van der Waals surface area contributed by atoms with Gasteiger partial charge >= 0.3 is 5.97 Å². The van der Waals surface area contributed by atoms with Crippen LogP contribution >= 0.6 is 0 Å². The topological polar surface area (TPSA) is 38.3 Å². The Morgan fingerprint density at radius 3 is 2.86 bits per heavy atom. The first-order valence-corrected chi connectivity index (χ1v) is 7.94. The molecule has 1 fully saturated rings. The fourth-order valence-corrected chi connectivity index (χ4v) is 4.13. The lowest BCUT2D eigenvalue weighted by atomic mass is 9.51. The van der Waals surface area contributed by atoms with Gasteiger partial charge in [-0.2, -0.15) is 0 Å². The van der Waals surface area contributed by atoms with Crippen LogP contribution in [0.4, 0.5) is 0 Å². The van der Waals surface area contributed by atoms with Gasteiger partial charge in [0, 0.05) is 11.5 Å². The maximum absolute atomic E-state index is 11.9. The fraction of sp³-hybridized carbons (Fsp3) is 0.611. The molecule has 1 aliphatic heterocycles. The van der Waals surface area contributed by atoms with Crippen molar-refractivity contribution in [3.05, 3.63) is 34.9 Å². The third-order valence-corrected chi connectivity index (χ3v) is 5.94. The van der Waals surface area contributed by atoms with E-state index in [-0.39, 0.29) is 16.8 Å². The molecule has 0 amide bonds. The first-order valence-electron chi connectivity index (χ1n) is 7.94. The highest BCUT2D eigenvalue weighted by molar-refractivity contribution is 5.89. The van der Waals surface area contributed by atoms with Crippen LogP contribution in [0, 0.1) is 5.41 Å². The molecule has 1 heterocycles. The Kier molecular flexibility index (Phi) is 3.36. The monoisotopic (exact) mass is 287 g/mol. The first-order chi connectivity index (χ1) is 9.90. The number of fused-ring (bicyclic) bond motifs is 4. The number of rotatable bonds is 2. The summed E-state index contributed by atoms with van der Waals surface area (Å²) >= 11 is 0. The van der Waals surface area contributed by atoms with E-state index in [4.69, 9.17) is 4.74 Å². The number of carbonyl (C=O) groups excluding carboxylic acids is 1. The first kappa shape index (κ1) is 14.6. The average molecular weight is 287 g/mol. The Labute approximate surface area is 127 Å². The summed E-state index contributed by atoms with van der Waals surface area (Å²) in [5, 5.41) is 3.66. The molecule has 2 bridgehead atoms. The van der Waals surface area contributed by atoms with Crippen molar-refractivity contribution in [3.63, 3.8) is 0 Å². The van der Waals surface area contributed by atoms with Crippen LogP contribution in [-0.4, -0.2) is 25.2 Å². The second kappa shape index (κ2) is 4.84. The normalized spacial score (nSPS) is 29.6. The molecule has 0 saturated carbocycles. The van der Waals surface area contributed by atoms with E-state index < -0.39 is 0 Å². The van der Waals surface area contributed by atoms with Gasteiger partial charge in [-0.1, -0.05) is 26.8 Å². The third kappa shape index (κ3) is 2.02. The Hall–Kier alpha value is -1.35. The fourth-order valence-electron chi connectivity index (χ4n) is 4.13. The molecule has 2 unspecified atom stereocenters. The summed E-state index contributed by atoms with van der Waals surface area (Å²) in [6.45, 7) is 10.4. The molecule has 1 aromatic rings. The van der Waals surface area contributed by atoms with Crippen LogP contribution in [0.15, 0.2) is 18.2 Å².